The Labute approximate surface area is 207 Å². The zero-order valence-electron chi connectivity index (χ0n) is 16.7. The van der Waals surface area contributed by atoms with Crippen LogP contribution in [0.15, 0.2) is 59.1 Å². The van der Waals surface area contributed by atoms with E-state index < -0.39 is 0 Å². The molecule has 0 aliphatic carbocycles. The fourth-order valence-corrected chi connectivity index (χ4v) is 3.43. The van der Waals surface area contributed by atoms with E-state index >= 15 is 0 Å². The van der Waals surface area contributed by atoms with Crippen LogP contribution < -0.4 is 10.5 Å². The predicted molar refractivity (Wildman–Crippen MR) is 139 cm³/mol. The Bertz CT molecular complexity index is 842. The molecule has 0 aliphatic heterocycles. The first-order valence-corrected chi connectivity index (χ1v) is 11.1. The third-order valence-electron chi connectivity index (χ3n) is 3.95. The second-order valence-electron chi connectivity index (χ2n) is 6.17. The van der Waals surface area contributed by atoms with E-state index in [-0.39, 0.29) is 35.1 Å². The van der Waals surface area contributed by atoms with Gasteiger partial charge in [-0.1, -0.05) is 39.8 Å². The van der Waals surface area contributed by atoms with Gasteiger partial charge < -0.3 is 15.2 Å². The molecule has 2 aromatic rings. The lowest BCUT2D eigenvalue weighted by Gasteiger charge is -2.10. The summed E-state index contributed by atoms with van der Waals surface area (Å²) in [6.45, 7) is 2.14. The summed E-state index contributed by atoms with van der Waals surface area (Å²) in [5.41, 5.74) is 7.24. The topological polar surface area (TPSA) is 85.4 Å². The van der Waals surface area contributed by atoms with Gasteiger partial charge in [-0.2, -0.15) is 0 Å². The molecule has 0 spiro atoms. The maximum Gasteiger partial charge on any atom is 0.331 e. The third kappa shape index (κ3) is 9.99. The summed E-state index contributed by atoms with van der Waals surface area (Å²) in [5, 5.41) is 7.39. The number of halogens is 2. The Morgan fingerprint density at radius 1 is 1.10 bits per heavy atom. The molecule has 3 N–H and O–H groups in total. The van der Waals surface area contributed by atoms with Crippen molar-refractivity contribution in [3.05, 3.63) is 64.6 Å². The predicted octanol–water partition coefficient (Wildman–Crippen LogP) is 6.60. The molecule has 0 heterocycles. The smallest absolute Gasteiger partial charge is 0.331 e. The van der Waals surface area contributed by atoms with Gasteiger partial charge in [-0.3, -0.25) is 5.41 Å². The zero-order valence-corrected chi connectivity index (χ0v) is 21.5. The van der Waals surface area contributed by atoms with Crippen molar-refractivity contribution in [2.75, 3.05) is 12.4 Å². The summed E-state index contributed by atoms with van der Waals surface area (Å²) in [5.74, 6) is 1.94. The monoisotopic (exact) mass is 604 g/mol. The number of thioether (sulfide) groups is 1. The van der Waals surface area contributed by atoms with E-state index in [0.29, 0.717) is 6.61 Å². The van der Waals surface area contributed by atoms with Crippen LogP contribution in [0.5, 0.6) is 11.5 Å². The number of hydrogen-bond acceptors (Lipinski definition) is 5. The van der Waals surface area contributed by atoms with E-state index in [2.05, 4.69) is 15.9 Å². The van der Waals surface area contributed by atoms with Gasteiger partial charge in [0.05, 0.1) is 6.61 Å². The highest BCUT2D eigenvalue weighted by Crippen LogP contribution is 2.27. The molecule has 0 fully saturated rings. The number of hydrogen-bond donors (Lipinski definition) is 2. The largest absolute Gasteiger partial charge is 0.463 e. The maximum atomic E-state index is 12.0. The molecule has 2 aromatic carbocycles. The quantitative estimate of drug-likeness (QED) is 0.0797. The van der Waals surface area contributed by atoms with Gasteiger partial charge in [0.25, 0.3) is 0 Å². The number of esters is 1. The highest BCUT2D eigenvalue weighted by atomic mass is 127. The lowest BCUT2D eigenvalue weighted by molar-refractivity contribution is -0.137. The van der Waals surface area contributed by atoms with E-state index in [4.69, 9.17) is 20.6 Å². The first-order chi connectivity index (χ1) is 14.0. The second kappa shape index (κ2) is 14.5. The molecule has 0 bridgehead atoms. The van der Waals surface area contributed by atoms with Gasteiger partial charge in [0.2, 0.25) is 0 Å². The standard InChI is InChI=1S/C22H25BrN2O3S.HI/c1-2-27-21(26)15-17(5-3-4-14-29-22(24)25)16-6-10-19(11-7-16)28-20-12-8-18(23)9-13-20;/h6-13,15H,2-5,14H2,1H3,(H3,24,25);1H/b17-15-;. The molecule has 2 rings (SSSR count). The summed E-state index contributed by atoms with van der Waals surface area (Å²) in [6, 6.07) is 15.3. The first-order valence-electron chi connectivity index (χ1n) is 9.36. The van der Waals surface area contributed by atoms with Crippen molar-refractivity contribution >= 4 is 68.4 Å². The van der Waals surface area contributed by atoms with Gasteiger partial charge in [-0.05, 0) is 73.7 Å². The molecule has 0 aliphatic rings. The van der Waals surface area contributed by atoms with E-state index in [1.165, 1.54) is 11.8 Å². The molecule has 0 aromatic heterocycles. The van der Waals surface area contributed by atoms with Crippen LogP contribution in [0, 0.1) is 5.41 Å². The number of rotatable bonds is 10. The summed E-state index contributed by atoms with van der Waals surface area (Å²) >= 11 is 4.74. The molecule has 0 unspecified atom stereocenters. The minimum atomic E-state index is -0.337. The molecular weight excluding hydrogens is 579 g/mol. The molecular formula is C22H26BrIN2O3S. The van der Waals surface area contributed by atoms with Crippen molar-refractivity contribution in [2.24, 2.45) is 5.73 Å². The zero-order chi connectivity index (χ0) is 21.1. The summed E-state index contributed by atoms with van der Waals surface area (Å²) in [6.07, 6.45) is 4.11. The molecule has 0 radical (unpaired) electrons. The minimum Gasteiger partial charge on any atom is -0.463 e. The fourth-order valence-electron chi connectivity index (χ4n) is 2.60. The number of benzene rings is 2. The Balaban J connectivity index is 0.00000450. The number of carbonyl (C=O) groups excluding carboxylic acids is 1. The summed E-state index contributed by atoms with van der Waals surface area (Å²) < 4.78 is 11.9. The average Bonchev–Trinajstić information content (AvgIpc) is 2.69. The van der Waals surface area contributed by atoms with E-state index in [1.54, 1.807) is 13.0 Å². The highest BCUT2D eigenvalue weighted by Gasteiger charge is 2.07. The Morgan fingerprint density at radius 3 is 2.27 bits per heavy atom. The van der Waals surface area contributed by atoms with E-state index in [0.717, 1.165) is 52.1 Å². The lowest BCUT2D eigenvalue weighted by Crippen LogP contribution is -2.04. The number of amidine groups is 1. The number of carbonyl (C=O) groups is 1. The van der Waals surface area contributed by atoms with E-state index in [9.17, 15) is 4.79 Å². The first kappa shape index (κ1) is 26.5. The van der Waals surface area contributed by atoms with Gasteiger partial charge in [0.1, 0.15) is 11.5 Å². The van der Waals surface area contributed by atoms with Crippen LogP contribution in [0.1, 0.15) is 31.7 Å². The number of nitrogens with one attached hydrogen (secondary N) is 1. The molecule has 0 saturated carbocycles. The lowest BCUT2D eigenvalue weighted by atomic mass is 10.00. The molecule has 0 saturated heterocycles. The van der Waals surface area contributed by atoms with Crippen molar-refractivity contribution in [1.82, 2.24) is 0 Å². The van der Waals surface area contributed by atoms with Crippen LogP contribution >= 0.6 is 51.7 Å². The van der Waals surface area contributed by atoms with Gasteiger partial charge in [0, 0.05) is 16.3 Å². The molecule has 162 valence electrons. The van der Waals surface area contributed by atoms with Crippen LogP contribution in [-0.4, -0.2) is 23.5 Å². The van der Waals surface area contributed by atoms with Crippen LogP contribution in [0.25, 0.3) is 5.57 Å². The number of nitrogens with two attached hydrogens (primary N) is 1. The van der Waals surface area contributed by atoms with Crippen LogP contribution in [0.2, 0.25) is 0 Å². The minimum absolute atomic E-state index is 0. The van der Waals surface area contributed by atoms with Crippen molar-refractivity contribution in [1.29, 1.82) is 5.41 Å². The summed E-state index contributed by atoms with van der Waals surface area (Å²) in [7, 11) is 0. The normalized spacial score (nSPS) is 10.8. The van der Waals surface area contributed by atoms with Crippen LogP contribution in [0.3, 0.4) is 0 Å². The number of unbranched alkanes of at least 4 members (excludes halogenated alkanes) is 1. The average molecular weight is 605 g/mol. The molecule has 0 amide bonds. The number of ether oxygens (including phenoxy) is 2. The molecule has 8 heteroatoms. The SMILES string of the molecule is CCOC(=O)/C=C(/CCCCSC(=N)N)c1ccc(Oc2ccc(Br)cc2)cc1.I. The maximum absolute atomic E-state index is 12.0. The Morgan fingerprint density at radius 2 is 1.70 bits per heavy atom. The van der Waals surface area contributed by atoms with Gasteiger partial charge in [0.15, 0.2) is 5.17 Å². The second-order valence-corrected chi connectivity index (χ2v) is 8.22. The van der Waals surface area contributed by atoms with Crippen LogP contribution in [0.4, 0.5) is 0 Å². The van der Waals surface area contributed by atoms with Crippen LogP contribution in [-0.2, 0) is 9.53 Å². The van der Waals surface area contributed by atoms with Crippen molar-refractivity contribution in [3.8, 4) is 11.5 Å². The van der Waals surface area contributed by atoms with Gasteiger partial charge in [-0.15, -0.1) is 24.0 Å². The van der Waals surface area contributed by atoms with Crippen molar-refractivity contribution < 1.29 is 14.3 Å². The van der Waals surface area contributed by atoms with Gasteiger partial charge >= 0.3 is 5.97 Å². The van der Waals surface area contributed by atoms with Crippen molar-refractivity contribution in [3.63, 3.8) is 0 Å². The summed E-state index contributed by atoms with van der Waals surface area (Å²) in [4.78, 5) is 12.0. The molecule has 5 nitrogen and oxygen atoms in total. The van der Waals surface area contributed by atoms with E-state index in [1.807, 2.05) is 48.5 Å². The highest BCUT2D eigenvalue weighted by molar-refractivity contribution is 14.0. The van der Waals surface area contributed by atoms with Gasteiger partial charge in [-0.25, -0.2) is 4.79 Å². The Kier molecular flexibility index (Phi) is 12.8. The Hall–Kier alpha value is -1.52. The third-order valence-corrected chi connectivity index (χ3v) is 5.28. The number of allylic oxidation sites excluding steroid dienone is 1. The molecule has 30 heavy (non-hydrogen) atoms. The fraction of sp³-hybridized carbons (Fsp3) is 0.273. The molecule has 0 atom stereocenters. The van der Waals surface area contributed by atoms with Crippen molar-refractivity contribution in [2.45, 2.75) is 26.2 Å².